The molecule has 0 spiro atoms. The van der Waals surface area contributed by atoms with Crippen LogP contribution in [-0.2, 0) is 0 Å². The highest BCUT2D eigenvalue weighted by Crippen LogP contribution is 2.06. The van der Waals surface area contributed by atoms with Gasteiger partial charge in [-0.15, -0.1) is 0 Å². The highest BCUT2D eigenvalue weighted by molar-refractivity contribution is 5.21. The van der Waals surface area contributed by atoms with E-state index in [0.717, 1.165) is 11.5 Å². The first kappa shape index (κ1) is 27.8. The van der Waals surface area contributed by atoms with E-state index in [-0.39, 0.29) is 51.8 Å². The lowest BCUT2D eigenvalue weighted by Gasteiger charge is -1.95. The molecule has 0 saturated carbocycles. The van der Waals surface area contributed by atoms with Crippen LogP contribution in [0.25, 0.3) is 0 Å². The Morgan fingerprint density at radius 1 is 0.406 bits per heavy atom. The Kier molecular flexibility index (Phi) is 13.5. The molecule has 0 aliphatic carbocycles. The molecule has 168 valence electrons. The van der Waals surface area contributed by atoms with E-state index in [0.29, 0.717) is 0 Å². The van der Waals surface area contributed by atoms with Crippen LogP contribution in [0, 0.1) is 14.3 Å². The van der Waals surface area contributed by atoms with Crippen molar-refractivity contribution in [1.29, 1.82) is 0 Å². The van der Waals surface area contributed by atoms with Crippen LogP contribution in [0.2, 0.25) is 0 Å². The Labute approximate surface area is 209 Å². The zero-order valence-corrected chi connectivity index (χ0v) is 22.0. The van der Waals surface area contributed by atoms with Gasteiger partial charge < -0.3 is 18.9 Å². The molecule has 0 fully saturated rings. The fourth-order valence-corrected chi connectivity index (χ4v) is 6.90. The quantitative estimate of drug-likeness (QED) is 0.192. The number of methoxy groups -OCH3 is 2. The van der Waals surface area contributed by atoms with E-state index in [1.165, 1.54) is 14.3 Å². The van der Waals surface area contributed by atoms with Gasteiger partial charge in [0.05, 0.1) is 14.2 Å². The molecule has 0 amide bonds. The predicted molar refractivity (Wildman–Crippen MR) is 114 cm³/mol. The number of hydrogen-bond donors (Lipinski definition) is 0. The third-order valence-electron chi connectivity index (χ3n) is 4.00. The van der Waals surface area contributed by atoms with E-state index < -0.39 is 0 Å². The zero-order chi connectivity index (χ0) is 21.0. The van der Waals surface area contributed by atoms with E-state index in [2.05, 4.69) is 84.9 Å². The van der Waals surface area contributed by atoms with Gasteiger partial charge in [0.25, 0.3) is 0 Å². The smallest absolute Gasteiger partial charge is 0.357 e. The van der Waals surface area contributed by atoms with Crippen LogP contribution in [0.3, 0.4) is 0 Å². The van der Waals surface area contributed by atoms with Gasteiger partial charge in [-0.1, -0.05) is 36.4 Å². The fraction of sp³-hybridized carbons (Fsp3) is 0.0769. The van der Waals surface area contributed by atoms with Crippen molar-refractivity contribution >= 4 is 0 Å². The third-order valence-corrected chi connectivity index (χ3v) is 9.37. The molecular weight excluding hydrogens is 636 g/mol. The van der Waals surface area contributed by atoms with Gasteiger partial charge in [-0.2, -0.15) is 0 Å². The van der Waals surface area contributed by atoms with E-state index in [4.69, 9.17) is 9.47 Å². The maximum atomic E-state index is 5.13. The number of halogens is 4. The molecule has 0 aromatic heterocycles. The van der Waals surface area contributed by atoms with E-state index in [1.54, 1.807) is 14.2 Å². The van der Waals surface area contributed by atoms with Crippen LogP contribution in [0.4, 0.5) is 0 Å². The largest absolute Gasteiger partial charge is 1.00 e. The molecular formula is C26H24F2I2O2. The molecule has 0 aliphatic heterocycles. The van der Waals surface area contributed by atoms with Crippen molar-refractivity contribution in [2.24, 2.45) is 0 Å². The van der Waals surface area contributed by atoms with Gasteiger partial charge in [-0.05, 0) is 72.8 Å². The second-order valence-electron chi connectivity index (χ2n) is 6.10. The fourth-order valence-electron chi connectivity index (χ4n) is 2.47. The maximum absolute atomic E-state index is 5.13. The van der Waals surface area contributed by atoms with Crippen molar-refractivity contribution in [2.45, 2.75) is 0 Å². The summed E-state index contributed by atoms with van der Waals surface area (Å²) in [6.45, 7) is 0. The number of benzene rings is 4. The minimum Gasteiger partial charge on any atom is -1.00 e. The molecule has 0 radical (unpaired) electrons. The summed E-state index contributed by atoms with van der Waals surface area (Å²) in [5.74, 6) is 1.85. The minimum absolute atomic E-state index is 0. The Hall–Kier alpha value is -2.20. The Morgan fingerprint density at radius 2 is 0.688 bits per heavy atom. The van der Waals surface area contributed by atoms with Crippen LogP contribution in [0.5, 0.6) is 11.5 Å². The topological polar surface area (TPSA) is 18.5 Å². The zero-order valence-electron chi connectivity index (χ0n) is 17.7. The lowest BCUT2D eigenvalue weighted by Crippen LogP contribution is -3.61. The first-order chi connectivity index (χ1) is 14.8. The number of ether oxygens (including phenoxy) is 2. The van der Waals surface area contributed by atoms with Crippen molar-refractivity contribution in [1.82, 2.24) is 0 Å². The predicted octanol–water partition coefficient (Wildman–Crippen LogP) is -6.34. The Balaban J connectivity index is 0.000000301. The van der Waals surface area contributed by atoms with Crippen LogP contribution in [-0.4, -0.2) is 14.2 Å². The third kappa shape index (κ3) is 9.52. The Bertz CT molecular complexity index is 912. The van der Waals surface area contributed by atoms with Crippen LogP contribution in [0.15, 0.2) is 109 Å². The lowest BCUT2D eigenvalue weighted by molar-refractivity contribution is -0.597. The average Bonchev–Trinajstić information content (AvgIpc) is 2.82. The number of rotatable bonds is 6. The first-order valence-corrected chi connectivity index (χ1v) is 13.8. The summed E-state index contributed by atoms with van der Waals surface area (Å²) in [6.07, 6.45) is 0. The second-order valence-corrected chi connectivity index (χ2v) is 12.2. The van der Waals surface area contributed by atoms with Gasteiger partial charge in [-0.25, -0.2) is 0 Å². The highest BCUT2D eigenvalue weighted by Gasteiger charge is 2.15. The van der Waals surface area contributed by atoms with E-state index in [9.17, 15) is 0 Å². The van der Waals surface area contributed by atoms with E-state index in [1.807, 2.05) is 24.3 Å². The first-order valence-electron chi connectivity index (χ1n) is 9.44. The van der Waals surface area contributed by atoms with Gasteiger partial charge in [0, 0.05) is 0 Å². The number of hydrogen-bond acceptors (Lipinski definition) is 2. The molecule has 2 nitrogen and oxygen atoms in total. The lowest BCUT2D eigenvalue weighted by atomic mass is 10.3. The van der Waals surface area contributed by atoms with Crippen molar-refractivity contribution in [3.8, 4) is 11.5 Å². The molecule has 4 aromatic rings. The Morgan fingerprint density at radius 3 is 0.969 bits per heavy atom. The standard InChI is InChI=1S/2C13H12IO.2FH/c2*1-15-13-9-7-12(8-10-13)14-11-5-3-2-4-6-11;;/h2*2-10H,1H3;2*1H/q2*+1;;/p-2. The second kappa shape index (κ2) is 15.6. The summed E-state index contributed by atoms with van der Waals surface area (Å²) in [6, 6.07) is 38.0. The summed E-state index contributed by atoms with van der Waals surface area (Å²) in [4.78, 5) is 0. The van der Waals surface area contributed by atoms with Crippen LogP contribution >= 0.6 is 0 Å². The van der Waals surface area contributed by atoms with Crippen molar-refractivity contribution in [2.75, 3.05) is 14.2 Å². The minimum atomic E-state index is -0.0449. The van der Waals surface area contributed by atoms with Gasteiger partial charge in [0.1, 0.15) is 11.5 Å². The molecule has 0 N–H and O–H groups in total. The summed E-state index contributed by atoms with van der Waals surface area (Å²) >= 11 is -0.0899. The summed E-state index contributed by atoms with van der Waals surface area (Å²) < 4.78 is 16.0. The maximum Gasteiger partial charge on any atom is 0.357 e. The van der Waals surface area contributed by atoms with Crippen LogP contribution in [0.1, 0.15) is 0 Å². The average molecular weight is 660 g/mol. The monoisotopic (exact) mass is 660 g/mol. The molecule has 6 heteroatoms. The van der Waals surface area contributed by atoms with Crippen molar-refractivity contribution < 1.29 is 61.3 Å². The summed E-state index contributed by atoms with van der Waals surface area (Å²) in [7, 11) is 3.39. The van der Waals surface area contributed by atoms with Crippen LogP contribution < -0.4 is 61.3 Å². The molecule has 4 aromatic carbocycles. The molecule has 0 atom stereocenters. The SMILES string of the molecule is COc1ccc([I+]c2ccccc2)cc1.COc1ccc([I+]c2ccccc2)cc1.[F-].[F-]. The van der Waals surface area contributed by atoms with E-state index >= 15 is 0 Å². The highest BCUT2D eigenvalue weighted by atomic mass is 127. The van der Waals surface area contributed by atoms with Crippen molar-refractivity contribution in [3.63, 3.8) is 0 Å². The van der Waals surface area contributed by atoms with Gasteiger partial charge in [0.2, 0.25) is 0 Å². The van der Waals surface area contributed by atoms with Gasteiger partial charge in [-0.3, -0.25) is 0 Å². The normalized spacial score (nSPS) is 9.31. The van der Waals surface area contributed by atoms with Gasteiger partial charge >= 0.3 is 42.4 Å². The molecule has 0 heterocycles. The molecule has 4 rings (SSSR count). The molecule has 0 unspecified atom stereocenters. The van der Waals surface area contributed by atoms with Gasteiger partial charge in [0.15, 0.2) is 14.3 Å². The summed E-state index contributed by atoms with van der Waals surface area (Å²) in [5, 5.41) is 0. The molecule has 0 saturated heterocycles. The van der Waals surface area contributed by atoms with Crippen molar-refractivity contribution in [3.05, 3.63) is 123 Å². The summed E-state index contributed by atoms with van der Waals surface area (Å²) in [5.41, 5.74) is 0. The molecule has 32 heavy (non-hydrogen) atoms. The molecule has 0 aliphatic rings. The molecule has 0 bridgehead atoms.